The van der Waals surface area contributed by atoms with Gasteiger partial charge in [-0.3, -0.25) is 9.59 Å². The summed E-state index contributed by atoms with van der Waals surface area (Å²) in [5.74, 6) is -2.06. The van der Waals surface area contributed by atoms with Crippen LogP contribution in [0.2, 0.25) is 0 Å². The van der Waals surface area contributed by atoms with Gasteiger partial charge in [0.15, 0.2) is 11.3 Å². The summed E-state index contributed by atoms with van der Waals surface area (Å²) in [5.41, 5.74) is 10.2. The van der Waals surface area contributed by atoms with Gasteiger partial charge >= 0.3 is 5.97 Å². The van der Waals surface area contributed by atoms with Gasteiger partial charge < -0.3 is 21.5 Å². The van der Waals surface area contributed by atoms with E-state index in [9.17, 15) is 19.5 Å². The van der Waals surface area contributed by atoms with E-state index in [0.717, 1.165) is 32.1 Å². The maximum atomic E-state index is 12.8. The van der Waals surface area contributed by atoms with Gasteiger partial charge in [-0.15, -0.1) is 0 Å². The molecule has 7 nitrogen and oxygen atoms in total. The molecule has 1 rings (SSSR count). The second-order valence-corrected chi connectivity index (χ2v) is 7.45. The van der Waals surface area contributed by atoms with Crippen molar-refractivity contribution in [2.24, 2.45) is 11.5 Å². The number of carbonyl (C=O) groups is 3. The van der Waals surface area contributed by atoms with Gasteiger partial charge in [0.05, 0.1) is 0 Å². The van der Waals surface area contributed by atoms with Crippen LogP contribution < -0.4 is 11.5 Å². The Bertz CT molecular complexity index is 497. The molecule has 0 aliphatic carbocycles. The van der Waals surface area contributed by atoms with E-state index in [-0.39, 0.29) is 43.8 Å². The topological polar surface area (TPSA) is 127 Å². The molecule has 0 bridgehead atoms. The SMILES string of the molecule is CCCCC[C@H](N)CC(=O)N1CCC[C@]1(C(=O)O)C(=O)C[C@@H](N)CCC. The van der Waals surface area contributed by atoms with E-state index < -0.39 is 17.3 Å². The lowest BCUT2D eigenvalue weighted by Gasteiger charge is -2.34. The van der Waals surface area contributed by atoms with Crippen molar-refractivity contribution in [3.8, 4) is 0 Å². The van der Waals surface area contributed by atoms with E-state index >= 15 is 0 Å². The monoisotopic (exact) mass is 369 g/mol. The van der Waals surface area contributed by atoms with Crippen molar-refractivity contribution in [2.45, 2.75) is 95.7 Å². The number of Topliss-reactive ketones (excluding diaryl/α,β-unsaturated/α-hetero) is 1. The first-order valence-electron chi connectivity index (χ1n) is 9.87. The number of amides is 1. The molecule has 0 saturated carbocycles. The van der Waals surface area contributed by atoms with Crippen LogP contribution in [0, 0.1) is 0 Å². The van der Waals surface area contributed by atoms with Gasteiger partial charge in [-0.25, -0.2) is 4.79 Å². The second kappa shape index (κ2) is 10.6. The van der Waals surface area contributed by atoms with E-state index in [4.69, 9.17) is 11.5 Å². The van der Waals surface area contributed by atoms with E-state index in [1.165, 1.54) is 4.90 Å². The van der Waals surface area contributed by atoms with Crippen LogP contribution in [0.5, 0.6) is 0 Å². The number of carboxylic acid groups (broad SMARTS) is 1. The quantitative estimate of drug-likeness (QED) is 0.356. The first kappa shape index (κ1) is 22.6. The molecule has 0 spiro atoms. The lowest BCUT2D eigenvalue weighted by atomic mass is 9.86. The third kappa shape index (κ3) is 5.51. The first-order valence-corrected chi connectivity index (χ1v) is 9.87. The summed E-state index contributed by atoms with van der Waals surface area (Å²) >= 11 is 0. The van der Waals surface area contributed by atoms with Crippen molar-refractivity contribution < 1.29 is 19.5 Å². The highest BCUT2D eigenvalue weighted by Crippen LogP contribution is 2.33. The molecule has 1 saturated heterocycles. The standard InChI is InChI=1S/C19H35N3O4/c1-3-5-6-9-15(21)13-17(24)22-11-7-10-19(22,18(25)26)16(23)12-14(20)8-4-2/h14-15H,3-13,20-21H2,1-2H3,(H,25,26)/t14-,15-,19+/m0/s1. The highest BCUT2D eigenvalue weighted by Gasteiger charge is 2.55. The third-order valence-electron chi connectivity index (χ3n) is 5.22. The number of carboxylic acids is 1. The average molecular weight is 370 g/mol. The largest absolute Gasteiger partial charge is 0.479 e. The van der Waals surface area contributed by atoms with Crippen molar-refractivity contribution in [1.29, 1.82) is 0 Å². The molecule has 1 aliphatic rings. The molecular formula is C19H35N3O4. The van der Waals surface area contributed by atoms with Crippen molar-refractivity contribution in [1.82, 2.24) is 4.90 Å². The summed E-state index contributed by atoms with van der Waals surface area (Å²) in [6.45, 7) is 4.33. The number of unbranched alkanes of at least 4 members (excludes halogenated alkanes) is 2. The molecule has 1 aliphatic heterocycles. The lowest BCUT2D eigenvalue weighted by molar-refractivity contribution is -0.162. The molecule has 1 amide bonds. The smallest absolute Gasteiger partial charge is 0.337 e. The van der Waals surface area contributed by atoms with E-state index in [1.807, 2.05) is 6.92 Å². The zero-order valence-corrected chi connectivity index (χ0v) is 16.2. The number of ketones is 1. The number of hydrogen-bond acceptors (Lipinski definition) is 5. The molecule has 7 heteroatoms. The zero-order valence-electron chi connectivity index (χ0n) is 16.2. The minimum absolute atomic E-state index is 0.0214. The van der Waals surface area contributed by atoms with Crippen LogP contribution in [0.1, 0.15) is 78.1 Å². The van der Waals surface area contributed by atoms with Crippen LogP contribution in [0.3, 0.4) is 0 Å². The van der Waals surface area contributed by atoms with Crippen LogP contribution in [0.15, 0.2) is 0 Å². The summed E-state index contributed by atoms with van der Waals surface area (Å²) in [5, 5.41) is 9.82. The number of nitrogens with zero attached hydrogens (tertiary/aromatic N) is 1. The van der Waals surface area contributed by atoms with Gasteiger partial charge in [-0.2, -0.15) is 0 Å². The Kier molecular flexibility index (Phi) is 9.22. The molecule has 0 aromatic rings. The van der Waals surface area contributed by atoms with E-state index in [0.29, 0.717) is 12.8 Å². The van der Waals surface area contributed by atoms with Crippen LogP contribution >= 0.6 is 0 Å². The summed E-state index contributed by atoms with van der Waals surface area (Å²) in [7, 11) is 0. The fourth-order valence-corrected chi connectivity index (χ4v) is 3.76. The minimum Gasteiger partial charge on any atom is -0.479 e. The zero-order chi connectivity index (χ0) is 19.7. The van der Waals surface area contributed by atoms with E-state index in [2.05, 4.69) is 6.92 Å². The van der Waals surface area contributed by atoms with Crippen molar-refractivity contribution in [3.05, 3.63) is 0 Å². The van der Waals surface area contributed by atoms with Crippen molar-refractivity contribution in [3.63, 3.8) is 0 Å². The maximum Gasteiger partial charge on any atom is 0.337 e. The summed E-state index contributed by atoms with van der Waals surface area (Å²) < 4.78 is 0. The van der Waals surface area contributed by atoms with E-state index in [1.54, 1.807) is 0 Å². The molecule has 150 valence electrons. The molecule has 5 N–H and O–H groups in total. The Balaban J connectivity index is 2.85. The molecule has 1 heterocycles. The molecule has 1 fully saturated rings. The van der Waals surface area contributed by atoms with Gasteiger partial charge in [-0.05, 0) is 25.7 Å². The molecule has 26 heavy (non-hydrogen) atoms. The van der Waals surface area contributed by atoms with Gasteiger partial charge in [0.1, 0.15) is 0 Å². The second-order valence-electron chi connectivity index (χ2n) is 7.45. The Morgan fingerprint density at radius 3 is 2.27 bits per heavy atom. The molecule has 3 atom stereocenters. The Morgan fingerprint density at radius 1 is 1.04 bits per heavy atom. The Hall–Kier alpha value is -1.47. The van der Waals surface area contributed by atoms with Crippen molar-refractivity contribution in [2.75, 3.05) is 6.54 Å². The number of rotatable bonds is 12. The van der Waals surface area contributed by atoms with Crippen LogP contribution in [0.25, 0.3) is 0 Å². The number of carbonyl (C=O) groups excluding carboxylic acids is 2. The lowest BCUT2D eigenvalue weighted by Crippen LogP contribution is -2.59. The molecular weight excluding hydrogens is 334 g/mol. The fourth-order valence-electron chi connectivity index (χ4n) is 3.76. The molecule has 0 aromatic carbocycles. The molecule has 0 radical (unpaired) electrons. The fraction of sp³-hybridized carbons (Fsp3) is 0.842. The number of nitrogens with two attached hydrogens (primary N) is 2. The molecule has 0 aromatic heterocycles. The highest BCUT2D eigenvalue weighted by molar-refractivity contribution is 6.10. The summed E-state index contributed by atoms with van der Waals surface area (Å²) in [6.07, 6.45) is 5.97. The number of likely N-dealkylation sites (tertiary alicyclic amines) is 1. The van der Waals surface area contributed by atoms with Gasteiger partial charge in [0.2, 0.25) is 5.91 Å². The minimum atomic E-state index is -1.77. The number of hydrogen-bond donors (Lipinski definition) is 3. The third-order valence-corrected chi connectivity index (χ3v) is 5.22. The predicted molar refractivity (Wildman–Crippen MR) is 101 cm³/mol. The van der Waals surface area contributed by atoms with Gasteiger partial charge in [0, 0.05) is 31.5 Å². The summed E-state index contributed by atoms with van der Waals surface area (Å²) in [4.78, 5) is 38.8. The maximum absolute atomic E-state index is 12.8. The number of aliphatic carboxylic acids is 1. The molecule has 0 unspecified atom stereocenters. The highest BCUT2D eigenvalue weighted by atomic mass is 16.4. The normalized spacial score (nSPS) is 22.2. The van der Waals surface area contributed by atoms with Crippen molar-refractivity contribution >= 4 is 17.7 Å². The van der Waals surface area contributed by atoms with Crippen LogP contribution in [0.4, 0.5) is 0 Å². The van der Waals surface area contributed by atoms with Gasteiger partial charge in [-0.1, -0.05) is 39.5 Å². The van der Waals surface area contributed by atoms with Crippen LogP contribution in [-0.2, 0) is 14.4 Å². The Morgan fingerprint density at radius 2 is 1.69 bits per heavy atom. The first-order chi connectivity index (χ1) is 12.3. The summed E-state index contributed by atoms with van der Waals surface area (Å²) in [6, 6.07) is -0.684. The predicted octanol–water partition coefficient (Wildman–Crippen LogP) is 1.82. The van der Waals surface area contributed by atoms with Gasteiger partial charge in [0.25, 0.3) is 0 Å². The van der Waals surface area contributed by atoms with Crippen LogP contribution in [-0.4, -0.2) is 51.8 Å². The Labute approximate surface area is 156 Å². The average Bonchev–Trinajstić information content (AvgIpc) is 3.01.